The first-order valence-corrected chi connectivity index (χ1v) is 7.38. The van der Waals surface area contributed by atoms with Crippen LogP contribution in [0.15, 0.2) is 0 Å². The minimum atomic E-state index is -0.973. The molecule has 1 aromatic rings. The molecule has 112 valence electrons. The highest BCUT2D eigenvalue weighted by molar-refractivity contribution is 7.13. The molecule has 0 spiro atoms. The second-order valence-corrected chi connectivity index (χ2v) is 5.57. The summed E-state index contributed by atoms with van der Waals surface area (Å²) in [5, 5.41) is 9.98. The Balaban J connectivity index is 2.37. The van der Waals surface area contributed by atoms with E-state index in [-0.39, 0.29) is 11.5 Å². The molecule has 0 aliphatic carbocycles. The lowest BCUT2D eigenvalue weighted by molar-refractivity contribution is -0.113. The fourth-order valence-electron chi connectivity index (χ4n) is 2.35. The monoisotopic (exact) mass is 301 g/mol. The quantitative estimate of drug-likeness (QED) is 0.866. The van der Waals surface area contributed by atoms with Crippen LogP contribution in [0.5, 0.6) is 0 Å². The van der Waals surface area contributed by atoms with Crippen LogP contribution < -0.4 is 0 Å². The lowest BCUT2D eigenvalue weighted by Crippen LogP contribution is -2.36. The van der Waals surface area contributed by atoms with E-state index in [1.54, 1.807) is 0 Å². The standard InChI is InChI=1S/C13H19NO5S/c1-3-19-13(4-6-18-7-5-13)12-14-9(8-17-2)10(20-12)11(15)16/h3-8H2,1-2H3,(H,15,16). The predicted octanol–water partition coefficient (Wildman–Crippen LogP) is 2.03. The molecule has 1 aliphatic rings. The van der Waals surface area contributed by atoms with Gasteiger partial charge in [-0.3, -0.25) is 0 Å². The van der Waals surface area contributed by atoms with Gasteiger partial charge in [0.2, 0.25) is 0 Å². The summed E-state index contributed by atoms with van der Waals surface area (Å²) in [5.41, 5.74) is -0.0565. The minimum Gasteiger partial charge on any atom is -0.477 e. The SMILES string of the molecule is CCOC1(c2nc(COC)c(C(=O)O)s2)CCOCC1. The zero-order valence-electron chi connectivity index (χ0n) is 11.7. The zero-order valence-corrected chi connectivity index (χ0v) is 12.5. The van der Waals surface area contributed by atoms with Gasteiger partial charge in [-0.25, -0.2) is 9.78 Å². The molecule has 7 heteroatoms. The van der Waals surface area contributed by atoms with Gasteiger partial charge in [0.15, 0.2) is 0 Å². The lowest BCUT2D eigenvalue weighted by Gasteiger charge is -2.35. The van der Waals surface area contributed by atoms with E-state index >= 15 is 0 Å². The highest BCUT2D eigenvalue weighted by Gasteiger charge is 2.39. The first-order valence-electron chi connectivity index (χ1n) is 6.57. The van der Waals surface area contributed by atoms with Crippen molar-refractivity contribution in [3.8, 4) is 0 Å². The Bertz CT molecular complexity index is 462. The van der Waals surface area contributed by atoms with Crippen LogP contribution in [0.3, 0.4) is 0 Å². The van der Waals surface area contributed by atoms with Gasteiger partial charge >= 0.3 is 5.97 Å². The summed E-state index contributed by atoms with van der Waals surface area (Å²) in [6.45, 7) is 3.88. The number of methoxy groups -OCH3 is 1. The van der Waals surface area contributed by atoms with E-state index in [1.165, 1.54) is 18.4 Å². The molecule has 0 bridgehead atoms. The molecule has 1 aliphatic heterocycles. The number of carboxylic acids is 1. The molecule has 0 aromatic carbocycles. The van der Waals surface area contributed by atoms with E-state index in [0.717, 1.165) is 0 Å². The van der Waals surface area contributed by atoms with Gasteiger partial charge in [0.05, 0.1) is 12.3 Å². The van der Waals surface area contributed by atoms with Crippen molar-refractivity contribution in [3.05, 3.63) is 15.6 Å². The maximum atomic E-state index is 11.3. The molecule has 0 saturated carbocycles. The Morgan fingerprint density at radius 2 is 2.20 bits per heavy atom. The van der Waals surface area contributed by atoms with Gasteiger partial charge < -0.3 is 19.3 Å². The number of carboxylic acid groups (broad SMARTS) is 1. The van der Waals surface area contributed by atoms with Crippen molar-refractivity contribution in [2.24, 2.45) is 0 Å². The molecule has 1 fully saturated rings. The first kappa shape index (κ1) is 15.4. The van der Waals surface area contributed by atoms with E-state index in [0.29, 0.717) is 43.4 Å². The third-order valence-electron chi connectivity index (χ3n) is 3.28. The first-order chi connectivity index (χ1) is 9.63. The van der Waals surface area contributed by atoms with Crippen LogP contribution in [0.25, 0.3) is 0 Å². The van der Waals surface area contributed by atoms with Crippen LogP contribution in [-0.2, 0) is 26.4 Å². The van der Waals surface area contributed by atoms with Crippen LogP contribution >= 0.6 is 11.3 Å². The summed E-state index contributed by atoms with van der Waals surface area (Å²) in [6, 6.07) is 0. The molecule has 1 N–H and O–H groups in total. The van der Waals surface area contributed by atoms with Crippen molar-refractivity contribution in [1.29, 1.82) is 0 Å². The Hall–Kier alpha value is -1.02. The molecule has 1 saturated heterocycles. The third kappa shape index (κ3) is 3.01. The predicted molar refractivity (Wildman–Crippen MR) is 73.1 cm³/mol. The van der Waals surface area contributed by atoms with E-state index in [2.05, 4.69) is 4.98 Å². The lowest BCUT2D eigenvalue weighted by atomic mass is 9.95. The number of carbonyl (C=O) groups is 1. The van der Waals surface area contributed by atoms with Gasteiger partial charge in [0, 0.05) is 39.8 Å². The highest BCUT2D eigenvalue weighted by Crippen LogP contribution is 2.39. The number of aromatic nitrogens is 1. The second kappa shape index (κ2) is 6.62. The average Bonchev–Trinajstić information content (AvgIpc) is 2.85. The zero-order chi connectivity index (χ0) is 14.6. The van der Waals surface area contributed by atoms with Crippen molar-refractivity contribution in [2.45, 2.75) is 32.0 Å². The van der Waals surface area contributed by atoms with Gasteiger partial charge in [-0.2, -0.15) is 0 Å². The van der Waals surface area contributed by atoms with Crippen molar-refractivity contribution >= 4 is 17.3 Å². The van der Waals surface area contributed by atoms with Crippen molar-refractivity contribution < 1.29 is 24.1 Å². The molecular formula is C13H19NO5S. The molecule has 1 aromatic heterocycles. The molecular weight excluding hydrogens is 282 g/mol. The van der Waals surface area contributed by atoms with Crippen molar-refractivity contribution in [2.75, 3.05) is 26.9 Å². The minimum absolute atomic E-state index is 0.191. The van der Waals surface area contributed by atoms with Crippen LogP contribution in [0, 0.1) is 0 Å². The van der Waals surface area contributed by atoms with Gasteiger partial charge in [-0.1, -0.05) is 0 Å². The number of thiazole rings is 1. The largest absolute Gasteiger partial charge is 0.477 e. The summed E-state index contributed by atoms with van der Waals surface area (Å²) in [6.07, 6.45) is 1.39. The van der Waals surface area contributed by atoms with Crippen LogP contribution in [0.4, 0.5) is 0 Å². The summed E-state index contributed by atoms with van der Waals surface area (Å²) < 4.78 is 16.3. The van der Waals surface area contributed by atoms with Crippen molar-refractivity contribution in [3.63, 3.8) is 0 Å². The molecule has 0 radical (unpaired) electrons. The van der Waals surface area contributed by atoms with E-state index in [9.17, 15) is 9.90 Å². The van der Waals surface area contributed by atoms with Crippen LogP contribution in [0.1, 0.15) is 40.1 Å². The maximum Gasteiger partial charge on any atom is 0.347 e. The number of rotatable bonds is 6. The summed E-state index contributed by atoms with van der Waals surface area (Å²) in [4.78, 5) is 16.0. The van der Waals surface area contributed by atoms with Gasteiger partial charge in [0.25, 0.3) is 0 Å². The molecule has 2 rings (SSSR count). The van der Waals surface area contributed by atoms with Crippen LogP contribution in [-0.4, -0.2) is 43.0 Å². The highest BCUT2D eigenvalue weighted by atomic mass is 32.1. The molecule has 20 heavy (non-hydrogen) atoms. The number of hydrogen-bond donors (Lipinski definition) is 1. The summed E-state index contributed by atoms with van der Waals surface area (Å²) in [5.74, 6) is -0.973. The van der Waals surface area contributed by atoms with Gasteiger partial charge in [-0.15, -0.1) is 11.3 Å². The number of aromatic carboxylic acids is 1. The molecule has 6 nitrogen and oxygen atoms in total. The molecule has 0 unspecified atom stereocenters. The number of ether oxygens (including phenoxy) is 3. The second-order valence-electron chi connectivity index (χ2n) is 4.57. The molecule has 2 heterocycles. The number of hydrogen-bond acceptors (Lipinski definition) is 6. The molecule has 0 atom stereocenters. The smallest absolute Gasteiger partial charge is 0.347 e. The fraction of sp³-hybridized carbons (Fsp3) is 0.692. The van der Waals surface area contributed by atoms with Crippen LogP contribution in [0.2, 0.25) is 0 Å². The van der Waals surface area contributed by atoms with E-state index < -0.39 is 11.6 Å². The average molecular weight is 301 g/mol. The Kier molecular flexibility index (Phi) is 5.09. The Morgan fingerprint density at radius 1 is 1.50 bits per heavy atom. The molecule has 0 amide bonds. The third-order valence-corrected chi connectivity index (χ3v) is 4.55. The van der Waals surface area contributed by atoms with E-state index in [1.807, 2.05) is 6.92 Å². The van der Waals surface area contributed by atoms with Gasteiger partial charge in [-0.05, 0) is 6.92 Å². The summed E-state index contributed by atoms with van der Waals surface area (Å²) in [7, 11) is 1.53. The normalized spacial score (nSPS) is 18.1. The van der Waals surface area contributed by atoms with E-state index in [4.69, 9.17) is 14.2 Å². The topological polar surface area (TPSA) is 77.9 Å². The summed E-state index contributed by atoms with van der Waals surface area (Å²) >= 11 is 1.18. The Morgan fingerprint density at radius 3 is 2.75 bits per heavy atom. The fourth-order valence-corrected chi connectivity index (χ4v) is 3.45. The van der Waals surface area contributed by atoms with Crippen molar-refractivity contribution in [1.82, 2.24) is 4.98 Å². The maximum absolute atomic E-state index is 11.3. The number of nitrogens with zero attached hydrogens (tertiary/aromatic N) is 1. The Labute approximate surface area is 121 Å². The van der Waals surface area contributed by atoms with Gasteiger partial charge in [0.1, 0.15) is 15.5 Å².